The van der Waals surface area contributed by atoms with Crippen LogP contribution >= 0.6 is 15.9 Å². The van der Waals surface area contributed by atoms with Crippen molar-refractivity contribution in [1.82, 2.24) is 4.57 Å². The van der Waals surface area contributed by atoms with E-state index in [4.69, 9.17) is 0 Å². The molecule has 14 heavy (non-hydrogen) atoms. The van der Waals surface area contributed by atoms with Gasteiger partial charge in [-0.2, -0.15) is 0 Å². The predicted octanol–water partition coefficient (Wildman–Crippen LogP) is 3.81. The Bertz CT molecular complexity index is 483. The molecule has 2 heteroatoms. The molecule has 0 atom stereocenters. The summed E-state index contributed by atoms with van der Waals surface area (Å²) in [5.41, 5.74) is 4.05. The Balaban J connectivity index is 2.94. The molecule has 0 saturated carbocycles. The van der Waals surface area contributed by atoms with Crippen molar-refractivity contribution in [2.75, 3.05) is 0 Å². The minimum absolute atomic E-state index is 1.06. The summed E-state index contributed by atoms with van der Waals surface area (Å²) < 4.78 is 3.54. The van der Waals surface area contributed by atoms with Gasteiger partial charge in [-0.05, 0) is 34.8 Å². The standard InChI is InChI=1S/C12H14BrN/c1-4-10-11(13)9-7-5-6-8(2)12(9)14(10)3/h5-7H,4H2,1-3H3. The van der Waals surface area contributed by atoms with Gasteiger partial charge < -0.3 is 4.57 Å². The highest BCUT2D eigenvalue weighted by molar-refractivity contribution is 9.10. The van der Waals surface area contributed by atoms with Gasteiger partial charge in [-0.15, -0.1) is 0 Å². The van der Waals surface area contributed by atoms with E-state index in [1.807, 2.05) is 0 Å². The van der Waals surface area contributed by atoms with E-state index in [9.17, 15) is 0 Å². The van der Waals surface area contributed by atoms with Gasteiger partial charge >= 0.3 is 0 Å². The van der Waals surface area contributed by atoms with Crippen molar-refractivity contribution >= 4 is 26.8 Å². The molecule has 1 aromatic carbocycles. The molecular weight excluding hydrogens is 238 g/mol. The van der Waals surface area contributed by atoms with E-state index in [1.165, 1.54) is 26.6 Å². The van der Waals surface area contributed by atoms with E-state index < -0.39 is 0 Å². The minimum atomic E-state index is 1.06. The summed E-state index contributed by atoms with van der Waals surface area (Å²) in [5, 5.41) is 1.32. The van der Waals surface area contributed by atoms with Gasteiger partial charge in [0.25, 0.3) is 0 Å². The molecule has 0 unspecified atom stereocenters. The van der Waals surface area contributed by atoms with E-state index in [0.29, 0.717) is 0 Å². The lowest BCUT2D eigenvalue weighted by Gasteiger charge is -2.02. The Kier molecular flexibility index (Phi) is 2.40. The second-order valence-electron chi connectivity index (χ2n) is 3.64. The maximum absolute atomic E-state index is 3.68. The smallest absolute Gasteiger partial charge is 0.0521 e. The summed E-state index contributed by atoms with van der Waals surface area (Å²) >= 11 is 3.68. The van der Waals surface area contributed by atoms with Gasteiger partial charge in [0.1, 0.15) is 0 Å². The quantitative estimate of drug-likeness (QED) is 0.727. The maximum Gasteiger partial charge on any atom is 0.0521 e. The van der Waals surface area contributed by atoms with Crippen molar-refractivity contribution in [3.8, 4) is 0 Å². The van der Waals surface area contributed by atoms with Crippen LogP contribution < -0.4 is 0 Å². The first-order valence-electron chi connectivity index (χ1n) is 4.89. The highest BCUT2D eigenvalue weighted by Gasteiger charge is 2.12. The van der Waals surface area contributed by atoms with Crippen LogP contribution in [0.5, 0.6) is 0 Å². The minimum Gasteiger partial charge on any atom is -0.346 e. The highest BCUT2D eigenvalue weighted by Crippen LogP contribution is 2.32. The SMILES string of the molecule is CCc1c(Br)c2cccc(C)c2n1C. The number of para-hydroxylation sites is 1. The number of hydrogen-bond donors (Lipinski definition) is 0. The number of rotatable bonds is 1. The van der Waals surface area contributed by atoms with Gasteiger partial charge in [-0.3, -0.25) is 0 Å². The zero-order valence-corrected chi connectivity index (χ0v) is 10.4. The molecule has 0 aliphatic heterocycles. The Labute approximate surface area is 92.9 Å². The molecule has 74 valence electrons. The molecule has 0 aliphatic carbocycles. The van der Waals surface area contributed by atoms with Crippen LogP contribution in [0.15, 0.2) is 22.7 Å². The number of fused-ring (bicyclic) bond motifs is 1. The third-order valence-electron chi connectivity index (χ3n) is 2.80. The summed E-state index contributed by atoms with van der Waals surface area (Å²) in [6.45, 7) is 4.35. The average molecular weight is 252 g/mol. The number of hydrogen-bond acceptors (Lipinski definition) is 0. The Morgan fingerprint density at radius 1 is 1.36 bits per heavy atom. The zero-order valence-electron chi connectivity index (χ0n) is 8.76. The van der Waals surface area contributed by atoms with Gasteiger partial charge in [-0.1, -0.05) is 25.1 Å². The fourth-order valence-electron chi connectivity index (χ4n) is 2.11. The van der Waals surface area contributed by atoms with Crippen LogP contribution in [0.25, 0.3) is 10.9 Å². The van der Waals surface area contributed by atoms with Crippen molar-refractivity contribution in [2.24, 2.45) is 7.05 Å². The summed E-state index contributed by atoms with van der Waals surface area (Å²) in [7, 11) is 2.14. The number of benzene rings is 1. The molecule has 1 nitrogen and oxygen atoms in total. The Morgan fingerprint density at radius 3 is 2.64 bits per heavy atom. The number of halogens is 1. The largest absolute Gasteiger partial charge is 0.346 e. The Morgan fingerprint density at radius 2 is 2.07 bits per heavy atom. The van der Waals surface area contributed by atoms with Crippen LogP contribution in [0.2, 0.25) is 0 Å². The second-order valence-corrected chi connectivity index (χ2v) is 4.44. The topological polar surface area (TPSA) is 4.93 Å². The normalized spacial score (nSPS) is 11.1. The summed E-state index contributed by atoms with van der Waals surface area (Å²) in [6.07, 6.45) is 1.06. The number of nitrogens with zero attached hydrogens (tertiary/aromatic N) is 1. The molecule has 1 aromatic heterocycles. The molecule has 0 bridgehead atoms. The van der Waals surface area contributed by atoms with E-state index in [1.54, 1.807) is 0 Å². The Hall–Kier alpha value is -0.760. The van der Waals surface area contributed by atoms with Crippen LogP contribution in [-0.4, -0.2) is 4.57 Å². The molecule has 0 fully saturated rings. The first kappa shape index (κ1) is 9.78. The lowest BCUT2D eigenvalue weighted by Crippen LogP contribution is -1.95. The molecule has 1 heterocycles. The average Bonchev–Trinajstić information content (AvgIpc) is 2.41. The fourth-order valence-corrected chi connectivity index (χ4v) is 2.98. The van der Waals surface area contributed by atoms with Crippen molar-refractivity contribution in [3.63, 3.8) is 0 Å². The molecule has 0 spiro atoms. The molecular formula is C12H14BrN. The second kappa shape index (κ2) is 3.43. The predicted molar refractivity (Wildman–Crippen MR) is 64.7 cm³/mol. The third-order valence-corrected chi connectivity index (χ3v) is 3.69. The maximum atomic E-state index is 3.68. The molecule has 0 aliphatic rings. The fraction of sp³-hybridized carbons (Fsp3) is 0.333. The van der Waals surface area contributed by atoms with Gasteiger partial charge in [0.2, 0.25) is 0 Å². The number of aromatic nitrogens is 1. The van der Waals surface area contributed by atoms with E-state index in [2.05, 4.69) is 59.6 Å². The van der Waals surface area contributed by atoms with Crippen molar-refractivity contribution in [1.29, 1.82) is 0 Å². The first-order chi connectivity index (χ1) is 6.66. The van der Waals surface area contributed by atoms with Crippen LogP contribution in [0.3, 0.4) is 0 Å². The lowest BCUT2D eigenvalue weighted by atomic mass is 10.2. The first-order valence-corrected chi connectivity index (χ1v) is 5.68. The van der Waals surface area contributed by atoms with Gasteiger partial charge in [-0.25, -0.2) is 0 Å². The third kappa shape index (κ3) is 1.21. The summed E-state index contributed by atoms with van der Waals surface area (Å²) in [6, 6.07) is 6.45. The van der Waals surface area contributed by atoms with E-state index >= 15 is 0 Å². The summed E-state index contributed by atoms with van der Waals surface area (Å²) in [4.78, 5) is 0. The van der Waals surface area contributed by atoms with Crippen LogP contribution in [-0.2, 0) is 13.5 Å². The van der Waals surface area contributed by atoms with E-state index in [0.717, 1.165) is 6.42 Å². The van der Waals surface area contributed by atoms with Crippen molar-refractivity contribution in [3.05, 3.63) is 33.9 Å². The highest BCUT2D eigenvalue weighted by atomic mass is 79.9. The van der Waals surface area contributed by atoms with Gasteiger partial charge in [0.15, 0.2) is 0 Å². The van der Waals surface area contributed by atoms with Crippen LogP contribution in [0.1, 0.15) is 18.2 Å². The van der Waals surface area contributed by atoms with Gasteiger partial charge in [0.05, 0.1) is 5.52 Å². The van der Waals surface area contributed by atoms with Gasteiger partial charge in [0, 0.05) is 22.6 Å². The van der Waals surface area contributed by atoms with Crippen molar-refractivity contribution < 1.29 is 0 Å². The number of aryl methyl sites for hydroxylation is 2. The molecule has 0 N–H and O–H groups in total. The molecule has 0 radical (unpaired) electrons. The van der Waals surface area contributed by atoms with Crippen molar-refractivity contribution in [2.45, 2.75) is 20.3 Å². The zero-order chi connectivity index (χ0) is 10.3. The lowest BCUT2D eigenvalue weighted by molar-refractivity contribution is 0.858. The molecule has 2 aromatic rings. The van der Waals surface area contributed by atoms with Crippen LogP contribution in [0, 0.1) is 6.92 Å². The summed E-state index contributed by atoms with van der Waals surface area (Å²) in [5.74, 6) is 0. The molecule has 0 saturated heterocycles. The monoisotopic (exact) mass is 251 g/mol. The molecule has 2 rings (SSSR count). The van der Waals surface area contributed by atoms with E-state index in [-0.39, 0.29) is 0 Å². The molecule has 0 amide bonds. The van der Waals surface area contributed by atoms with Crippen LogP contribution in [0.4, 0.5) is 0 Å².